The van der Waals surface area contributed by atoms with Crippen LogP contribution in [0.5, 0.6) is 0 Å². The Kier molecular flexibility index (Phi) is 6.23. The summed E-state index contributed by atoms with van der Waals surface area (Å²) in [7, 11) is 0. The molecule has 0 aliphatic heterocycles. The van der Waals surface area contributed by atoms with Crippen LogP contribution in [0.2, 0.25) is 0 Å². The van der Waals surface area contributed by atoms with Crippen molar-refractivity contribution in [3.05, 3.63) is 23.8 Å². The number of benzene rings is 1. The van der Waals surface area contributed by atoms with Gasteiger partial charge < -0.3 is 16.0 Å². The monoisotopic (exact) mass is 338 g/mol. The number of nitrogens with one attached hydrogen (secondary N) is 3. The van der Waals surface area contributed by atoms with E-state index in [0.29, 0.717) is 0 Å². The molecule has 3 N–H and O–H groups in total. The van der Waals surface area contributed by atoms with E-state index >= 15 is 0 Å². The van der Waals surface area contributed by atoms with E-state index in [2.05, 4.69) is 16.0 Å². The van der Waals surface area contributed by atoms with Crippen molar-refractivity contribution in [1.29, 1.82) is 5.26 Å². The van der Waals surface area contributed by atoms with Gasteiger partial charge in [-0.05, 0) is 12.8 Å². The van der Waals surface area contributed by atoms with Crippen molar-refractivity contribution in [1.82, 2.24) is 5.32 Å². The van der Waals surface area contributed by atoms with Crippen molar-refractivity contribution in [3.63, 3.8) is 0 Å². The van der Waals surface area contributed by atoms with Gasteiger partial charge in [-0.3, -0.25) is 9.59 Å². The van der Waals surface area contributed by atoms with Crippen molar-refractivity contribution >= 4 is 23.2 Å². The Balaban J connectivity index is 2.87. The highest BCUT2D eigenvalue weighted by molar-refractivity contribution is 5.93. The van der Waals surface area contributed by atoms with Crippen molar-refractivity contribution in [2.75, 3.05) is 17.2 Å². The maximum Gasteiger partial charge on any atom is 0.240 e. The van der Waals surface area contributed by atoms with Crippen LogP contribution in [0.1, 0.15) is 27.7 Å². The van der Waals surface area contributed by atoms with E-state index < -0.39 is 29.0 Å². The van der Waals surface area contributed by atoms with Crippen LogP contribution in [-0.2, 0) is 9.59 Å². The highest BCUT2D eigenvalue weighted by Gasteiger charge is 2.29. The second kappa shape index (κ2) is 7.73. The van der Waals surface area contributed by atoms with Crippen LogP contribution in [0.25, 0.3) is 0 Å². The molecule has 24 heavy (non-hydrogen) atoms. The molecule has 0 heterocycles. The number of carbonyl (C=O) groups excluding carboxylic acids is 2. The van der Waals surface area contributed by atoms with Gasteiger partial charge in [0.1, 0.15) is 5.54 Å². The molecule has 1 rings (SSSR count). The first-order chi connectivity index (χ1) is 11.1. The fraction of sp³-hybridized carbons (Fsp3) is 0.438. The molecule has 0 spiro atoms. The smallest absolute Gasteiger partial charge is 0.240 e. The molecule has 0 unspecified atom stereocenters. The Hall–Kier alpha value is -2.69. The highest BCUT2D eigenvalue weighted by atomic mass is 19.2. The van der Waals surface area contributed by atoms with E-state index in [1.807, 2.05) is 6.07 Å². The first-order valence-corrected chi connectivity index (χ1v) is 7.32. The number of amides is 2. The summed E-state index contributed by atoms with van der Waals surface area (Å²) in [6.07, 6.45) is 0. The second-order valence-electron chi connectivity index (χ2n) is 5.86. The molecule has 8 heteroatoms. The van der Waals surface area contributed by atoms with Crippen molar-refractivity contribution in [3.8, 4) is 6.07 Å². The van der Waals surface area contributed by atoms with Crippen molar-refractivity contribution in [2.24, 2.45) is 5.92 Å². The number of nitrogens with zero attached hydrogens (tertiary/aromatic N) is 1. The molecule has 0 saturated carbocycles. The van der Waals surface area contributed by atoms with Gasteiger partial charge in [0.25, 0.3) is 0 Å². The topological polar surface area (TPSA) is 94.0 Å². The summed E-state index contributed by atoms with van der Waals surface area (Å²) in [4.78, 5) is 23.1. The van der Waals surface area contributed by atoms with E-state index in [4.69, 9.17) is 0 Å². The predicted molar refractivity (Wildman–Crippen MR) is 86.2 cm³/mol. The maximum atomic E-state index is 13.4. The molecule has 0 bridgehead atoms. The molecule has 1 aromatic rings. The molecular weight excluding hydrogens is 318 g/mol. The number of rotatable bonds is 6. The van der Waals surface area contributed by atoms with Crippen LogP contribution in [0.15, 0.2) is 12.1 Å². The third-order valence-corrected chi connectivity index (χ3v) is 3.60. The summed E-state index contributed by atoms with van der Waals surface area (Å²) in [5.41, 5.74) is -0.976. The predicted octanol–water partition coefficient (Wildman–Crippen LogP) is 2.39. The van der Waals surface area contributed by atoms with Crippen LogP contribution in [0, 0.1) is 28.9 Å². The van der Waals surface area contributed by atoms with E-state index in [9.17, 15) is 23.6 Å². The summed E-state index contributed by atoms with van der Waals surface area (Å²) < 4.78 is 26.7. The first-order valence-electron chi connectivity index (χ1n) is 7.32. The van der Waals surface area contributed by atoms with Gasteiger partial charge >= 0.3 is 0 Å². The first kappa shape index (κ1) is 19.4. The molecule has 0 fully saturated rings. The number of halogens is 2. The lowest BCUT2D eigenvalue weighted by atomic mass is 9.90. The Morgan fingerprint density at radius 2 is 1.79 bits per heavy atom. The van der Waals surface area contributed by atoms with Crippen LogP contribution in [0.3, 0.4) is 0 Å². The summed E-state index contributed by atoms with van der Waals surface area (Å²) in [6, 6.07) is 3.71. The largest absolute Gasteiger partial charge is 0.374 e. The Morgan fingerprint density at radius 1 is 1.25 bits per heavy atom. The Labute approximate surface area is 139 Å². The number of nitriles is 1. The van der Waals surface area contributed by atoms with Crippen molar-refractivity contribution in [2.45, 2.75) is 33.2 Å². The average molecular weight is 338 g/mol. The SMILES string of the molecule is CC(=O)Nc1cc(F)c(F)cc1NCC(=O)N[C@](C)(C#N)C(C)C. The lowest BCUT2D eigenvalue weighted by Crippen LogP contribution is -2.50. The molecule has 0 aromatic heterocycles. The molecule has 0 aliphatic rings. The van der Waals surface area contributed by atoms with E-state index in [1.54, 1.807) is 20.8 Å². The van der Waals surface area contributed by atoms with Crippen LogP contribution < -0.4 is 16.0 Å². The van der Waals surface area contributed by atoms with E-state index in [1.165, 1.54) is 6.92 Å². The van der Waals surface area contributed by atoms with Gasteiger partial charge in [0.2, 0.25) is 11.8 Å². The molecule has 6 nitrogen and oxygen atoms in total. The summed E-state index contributed by atoms with van der Waals surface area (Å²) in [6.45, 7) is 6.12. The zero-order chi connectivity index (χ0) is 18.5. The normalized spacial score (nSPS) is 12.9. The zero-order valence-electron chi connectivity index (χ0n) is 14.0. The third kappa shape index (κ3) is 4.91. The van der Waals surface area contributed by atoms with Gasteiger partial charge in [-0.1, -0.05) is 13.8 Å². The fourth-order valence-corrected chi connectivity index (χ4v) is 1.80. The maximum absolute atomic E-state index is 13.4. The number of anilines is 2. The average Bonchev–Trinajstić information content (AvgIpc) is 2.48. The third-order valence-electron chi connectivity index (χ3n) is 3.60. The van der Waals surface area contributed by atoms with Crippen LogP contribution in [0.4, 0.5) is 20.2 Å². The number of carbonyl (C=O) groups is 2. The molecular formula is C16H20F2N4O2. The molecule has 0 radical (unpaired) electrons. The standard InChI is InChI=1S/C16H20F2N4O2/c1-9(2)16(4,8-19)22-15(24)7-20-13-5-11(17)12(18)6-14(13)21-10(3)23/h5-6,9,20H,7H2,1-4H3,(H,21,23)(H,22,24)/t16-/m1/s1. The minimum atomic E-state index is -1.12. The number of hydrogen-bond donors (Lipinski definition) is 3. The van der Waals surface area contributed by atoms with Crippen LogP contribution in [-0.4, -0.2) is 23.9 Å². The minimum Gasteiger partial charge on any atom is -0.374 e. The molecule has 1 aromatic carbocycles. The van der Waals surface area contributed by atoms with Crippen molar-refractivity contribution < 1.29 is 18.4 Å². The van der Waals surface area contributed by atoms with Crippen LogP contribution >= 0.6 is 0 Å². The van der Waals surface area contributed by atoms with Gasteiger partial charge in [-0.25, -0.2) is 8.78 Å². The fourth-order valence-electron chi connectivity index (χ4n) is 1.80. The Morgan fingerprint density at radius 3 is 2.25 bits per heavy atom. The van der Waals surface area contributed by atoms with Gasteiger partial charge in [0.05, 0.1) is 24.0 Å². The lowest BCUT2D eigenvalue weighted by Gasteiger charge is -2.27. The molecule has 130 valence electrons. The van der Waals surface area contributed by atoms with Gasteiger partial charge in [0.15, 0.2) is 11.6 Å². The molecule has 0 saturated heterocycles. The Bertz CT molecular complexity index is 685. The summed E-state index contributed by atoms with van der Waals surface area (Å²) >= 11 is 0. The van der Waals surface area contributed by atoms with E-state index in [0.717, 1.165) is 12.1 Å². The zero-order valence-corrected chi connectivity index (χ0v) is 14.0. The van der Waals surface area contributed by atoms with Gasteiger partial charge in [-0.15, -0.1) is 0 Å². The number of hydrogen-bond acceptors (Lipinski definition) is 4. The molecule has 0 aliphatic carbocycles. The second-order valence-corrected chi connectivity index (χ2v) is 5.86. The molecule has 2 amide bonds. The summed E-state index contributed by atoms with van der Waals surface area (Å²) in [5, 5.41) is 16.7. The quantitative estimate of drug-likeness (QED) is 0.742. The van der Waals surface area contributed by atoms with Gasteiger partial charge in [0, 0.05) is 19.1 Å². The minimum absolute atomic E-state index is 0.0149. The van der Waals surface area contributed by atoms with E-state index in [-0.39, 0.29) is 23.8 Å². The summed E-state index contributed by atoms with van der Waals surface area (Å²) in [5.74, 6) is -3.32. The highest BCUT2D eigenvalue weighted by Crippen LogP contribution is 2.25. The van der Waals surface area contributed by atoms with Gasteiger partial charge in [-0.2, -0.15) is 5.26 Å². The molecule has 1 atom stereocenters. The lowest BCUT2D eigenvalue weighted by molar-refractivity contribution is -0.121.